The number of hydrogen-bond donors (Lipinski definition) is 2. The van der Waals surface area contributed by atoms with Gasteiger partial charge in [-0.2, -0.15) is 0 Å². The zero-order valence-electron chi connectivity index (χ0n) is 12.9. The van der Waals surface area contributed by atoms with E-state index in [-0.39, 0.29) is 36.8 Å². The SMILES string of the molecule is O=C(NC(CCO)C1CC1)C1CC(=O)N(c2ccc(Cl)cc2)C1. The largest absolute Gasteiger partial charge is 0.396 e. The lowest BCUT2D eigenvalue weighted by atomic mass is 10.0. The Bertz CT molecular complexity index is 586. The van der Waals surface area contributed by atoms with E-state index < -0.39 is 0 Å². The molecule has 0 aromatic heterocycles. The van der Waals surface area contributed by atoms with E-state index in [1.165, 1.54) is 0 Å². The Morgan fingerprint density at radius 3 is 2.65 bits per heavy atom. The second kappa shape index (κ2) is 6.89. The highest BCUT2D eigenvalue weighted by atomic mass is 35.5. The van der Waals surface area contributed by atoms with Crippen LogP contribution in [-0.4, -0.2) is 36.1 Å². The van der Waals surface area contributed by atoms with Crippen LogP contribution in [0.4, 0.5) is 5.69 Å². The Morgan fingerprint density at radius 1 is 1.35 bits per heavy atom. The predicted molar refractivity (Wildman–Crippen MR) is 88.3 cm³/mol. The lowest BCUT2D eigenvalue weighted by molar-refractivity contribution is -0.127. The molecule has 2 unspecified atom stereocenters. The van der Waals surface area contributed by atoms with Crippen molar-refractivity contribution in [2.24, 2.45) is 11.8 Å². The van der Waals surface area contributed by atoms with Crippen molar-refractivity contribution in [1.29, 1.82) is 0 Å². The molecule has 1 saturated heterocycles. The van der Waals surface area contributed by atoms with Crippen LogP contribution in [0.1, 0.15) is 25.7 Å². The van der Waals surface area contributed by atoms with Crippen LogP contribution in [0, 0.1) is 11.8 Å². The van der Waals surface area contributed by atoms with E-state index >= 15 is 0 Å². The van der Waals surface area contributed by atoms with Gasteiger partial charge in [-0.3, -0.25) is 9.59 Å². The number of rotatable bonds is 6. The van der Waals surface area contributed by atoms with E-state index in [9.17, 15) is 9.59 Å². The molecule has 1 saturated carbocycles. The molecule has 6 heteroatoms. The van der Waals surface area contributed by atoms with Gasteiger partial charge in [0.15, 0.2) is 0 Å². The summed E-state index contributed by atoms with van der Waals surface area (Å²) in [6.07, 6.45) is 3.01. The summed E-state index contributed by atoms with van der Waals surface area (Å²) in [7, 11) is 0. The van der Waals surface area contributed by atoms with Crippen molar-refractivity contribution in [2.75, 3.05) is 18.1 Å². The van der Waals surface area contributed by atoms with E-state index in [1.807, 2.05) is 0 Å². The van der Waals surface area contributed by atoms with Crippen molar-refractivity contribution in [1.82, 2.24) is 5.32 Å². The number of hydrogen-bond acceptors (Lipinski definition) is 3. The van der Waals surface area contributed by atoms with Crippen LogP contribution in [0.5, 0.6) is 0 Å². The van der Waals surface area contributed by atoms with Gasteiger partial charge in [-0.25, -0.2) is 0 Å². The van der Waals surface area contributed by atoms with E-state index in [1.54, 1.807) is 29.2 Å². The van der Waals surface area contributed by atoms with Crippen LogP contribution in [0.25, 0.3) is 0 Å². The van der Waals surface area contributed by atoms with Gasteiger partial charge < -0.3 is 15.3 Å². The topological polar surface area (TPSA) is 69.6 Å². The maximum Gasteiger partial charge on any atom is 0.227 e. The highest BCUT2D eigenvalue weighted by molar-refractivity contribution is 6.30. The van der Waals surface area contributed by atoms with Crippen LogP contribution >= 0.6 is 11.6 Å². The first-order chi connectivity index (χ1) is 11.1. The van der Waals surface area contributed by atoms with Gasteiger partial charge in [0.05, 0.1) is 5.92 Å². The summed E-state index contributed by atoms with van der Waals surface area (Å²) >= 11 is 5.87. The molecule has 0 radical (unpaired) electrons. The normalized spacial score (nSPS) is 22.3. The number of benzene rings is 1. The quantitative estimate of drug-likeness (QED) is 0.834. The molecule has 3 rings (SSSR count). The van der Waals surface area contributed by atoms with Crippen LogP contribution in [0.2, 0.25) is 5.02 Å². The zero-order chi connectivity index (χ0) is 16.4. The Labute approximate surface area is 140 Å². The minimum Gasteiger partial charge on any atom is -0.396 e. The fourth-order valence-corrected chi connectivity index (χ4v) is 3.24. The minimum atomic E-state index is -0.335. The molecule has 2 N–H and O–H groups in total. The number of nitrogens with zero attached hydrogens (tertiary/aromatic N) is 1. The van der Waals surface area contributed by atoms with Gasteiger partial charge in [0, 0.05) is 36.3 Å². The maximum atomic E-state index is 12.4. The molecule has 2 aliphatic rings. The number of carbonyl (C=O) groups excluding carboxylic acids is 2. The Balaban J connectivity index is 1.62. The van der Waals surface area contributed by atoms with Crippen LogP contribution in [0.15, 0.2) is 24.3 Å². The van der Waals surface area contributed by atoms with E-state index in [2.05, 4.69) is 5.32 Å². The number of amides is 2. The molecule has 0 bridgehead atoms. The second-order valence-electron chi connectivity index (χ2n) is 6.35. The minimum absolute atomic E-state index is 0.0344. The number of aliphatic hydroxyl groups is 1. The molecular weight excluding hydrogens is 316 g/mol. The molecule has 1 heterocycles. The van der Waals surface area contributed by atoms with Gasteiger partial charge in [-0.15, -0.1) is 0 Å². The van der Waals surface area contributed by atoms with Gasteiger partial charge in [0.25, 0.3) is 0 Å². The summed E-state index contributed by atoms with van der Waals surface area (Å²) in [6.45, 7) is 0.463. The molecule has 2 fully saturated rings. The molecule has 5 nitrogen and oxygen atoms in total. The number of nitrogens with one attached hydrogen (secondary N) is 1. The van der Waals surface area contributed by atoms with E-state index in [0.29, 0.717) is 23.9 Å². The third kappa shape index (κ3) is 3.85. The number of carbonyl (C=O) groups is 2. The Morgan fingerprint density at radius 2 is 2.04 bits per heavy atom. The monoisotopic (exact) mass is 336 g/mol. The third-order valence-electron chi connectivity index (χ3n) is 4.59. The molecule has 1 aromatic rings. The summed E-state index contributed by atoms with van der Waals surface area (Å²) in [6, 6.07) is 7.09. The molecule has 2 amide bonds. The van der Waals surface area contributed by atoms with Crippen LogP contribution in [-0.2, 0) is 9.59 Å². The number of aliphatic hydroxyl groups excluding tert-OH is 1. The van der Waals surface area contributed by atoms with Crippen molar-refractivity contribution in [3.63, 3.8) is 0 Å². The van der Waals surface area contributed by atoms with Gasteiger partial charge >= 0.3 is 0 Å². The zero-order valence-corrected chi connectivity index (χ0v) is 13.6. The molecular formula is C17H21ClN2O3. The fourth-order valence-electron chi connectivity index (χ4n) is 3.12. The smallest absolute Gasteiger partial charge is 0.227 e. The number of halogens is 1. The predicted octanol–water partition coefficient (Wildman–Crippen LogP) is 1.97. The van der Waals surface area contributed by atoms with Crippen molar-refractivity contribution >= 4 is 29.1 Å². The summed E-state index contributed by atoms with van der Waals surface area (Å²) in [5, 5.41) is 12.8. The molecule has 1 aliphatic heterocycles. The molecule has 2 atom stereocenters. The lowest BCUT2D eigenvalue weighted by Crippen LogP contribution is -2.41. The third-order valence-corrected chi connectivity index (χ3v) is 4.84. The fraction of sp³-hybridized carbons (Fsp3) is 0.529. The molecule has 1 aromatic carbocycles. The van der Waals surface area contributed by atoms with Crippen LogP contribution in [0.3, 0.4) is 0 Å². The first kappa shape index (κ1) is 16.3. The lowest BCUT2D eigenvalue weighted by Gasteiger charge is -2.20. The first-order valence-corrected chi connectivity index (χ1v) is 8.43. The van der Waals surface area contributed by atoms with Crippen molar-refractivity contribution in [2.45, 2.75) is 31.7 Å². The molecule has 1 aliphatic carbocycles. The summed E-state index contributed by atoms with van der Waals surface area (Å²) < 4.78 is 0. The number of anilines is 1. The van der Waals surface area contributed by atoms with Gasteiger partial charge in [0.2, 0.25) is 11.8 Å². The van der Waals surface area contributed by atoms with Crippen molar-refractivity contribution in [3.05, 3.63) is 29.3 Å². The average molecular weight is 337 g/mol. The first-order valence-electron chi connectivity index (χ1n) is 8.05. The Kier molecular flexibility index (Phi) is 4.87. The van der Waals surface area contributed by atoms with Gasteiger partial charge in [-0.1, -0.05) is 11.6 Å². The van der Waals surface area contributed by atoms with Crippen molar-refractivity contribution in [3.8, 4) is 0 Å². The highest BCUT2D eigenvalue weighted by Gasteiger charge is 2.38. The van der Waals surface area contributed by atoms with Crippen LogP contribution < -0.4 is 10.2 Å². The highest BCUT2D eigenvalue weighted by Crippen LogP contribution is 2.34. The maximum absolute atomic E-state index is 12.4. The molecule has 124 valence electrons. The van der Waals surface area contributed by atoms with Crippen molar-refractivity contribution < 1.29 is 14.7 Å². The van der Waals surface area contributed by atoms with Gasteiger partial charge in [0.1, 0.15) is 0 Å². The van der Waals surface area contributed by atoms with E-state index in [4.69, 9.17) is 16.7 Å². The molecule has 23 heavy (non-hydrogen) atoms. The standard InChI is InChI=1S/C17H21ClN2O3/c18-13-3-5-14(6-4-13)20-10-12(9-16(20)22)17(23)19-15(7-8-21)11-1-2-11/h3-6,11-12,15,21H,1-2,7-10H2,(H,19,23). The Hall–Kier alpha value is -1.59. The molecule has 0 spiro atoms. The average Bonchev–Trinajstić information content (AvgIpc) is 3.30. The van der Waals surface area contributed by atoms with Gasteiger partial charge in [-0.05, 0) is 49.4 Å². The van der Waals surface area contributed by atoms with E-state index in [0.717, 1.165) is 18.5 Å². The summed E-state index contributed by atoms with van der Waals surface area (Å²) in [5.74, 6) is 0.0199. The second-order valence-corrected chi connectivity index (χ2v) is 6.78. The summed E-state index contributed by atoms with van der Waals surface area (Å²) in [4.78, 5) is 26.3. The summed E-state index contributed by atoms with van der Waals surface area (Å²) in [5.41, 5.74) is 0.767.